The molecule has 0 atom stereocenters. The molecule has 0 aliphatic heterocycles. The molecule has 1 aromatic rings. The van der Waals surface area contributed by atoms with Crippen molar-refractivity contribution in [1.82, 2.24) is 0 Å². The third-order valence-electron chi connectivity index (χ3n) is 3.72. The van der Waals surface area contributed by atoms with Gasteiger partial charge in [-0.05, 0) is 55.9 Å². The first kappa shape index (κ1) is 11.4. The SMILES string of the molecule is OC1(Cc2cc(Cl)ccc2OC2CCC2)CC1. The van der Waals surface area contributed by atoms with Crippen molar-refractivity contribution in [2.75, 3.05) is 0 Å². The molecule has 0 aromatic heterocycles. The second kappa shape index (κ2) is 4.18. The summed E-state index contributed by atoms with van der Waals surface area (Å²) >= 11 is 6.01. The smallest absolute Gasteiger partial charge is 0.123 e. The number of benzene rings is 1. The Kier molecular flexibility index (Phi) is 2.80. The van der Waals surface area contributed by atoms with Gasteiger partial charge in [0.05, 0.1) is 11.7 Å². The molecule has 0 saturated heterocycles. The van der Waals surface area contributed by atoms with Crippen molar-refractivity contribution in [1.29, 1.82) is 0 Å². The summed E-state index contributed by atoms with van der Waals surface area (Å²) in [7, 11) is 0. The van der Waals surface area contributed by atoms with E-state index in [2.05, 4.69) is 0 Å². The van der Waals surface area contributed by atoms with Gasteiger partial charge in [-0.1, -0.05) is 11.6 Å². The Labute approximate surface area is 107 Å². The first-order chi connectivity index (χ1) is 8.15. The van der Waals surface area contributed by atoms with Gasteiger partial charge in [0.25, 0.3) is 0 Å². The Balaban J connectivity index is 1.79. The Hall–Kier alpha value is -0.730. The highest BCUT2D eigenvalue weighted by Crippen LogP contribution is 2.41. The predicted molar refractivity (Wildman–Crippen MR) is 67.6 cm³/mol. The normalized spacial score (nSPS) is 22.0. The van der Waals surface area contributed by atoms with Crippen molar-refractivity contribution in [3.63, 3.8) is 0 Å². The molecule has 0 radical (unpaired) electrons. The zero-order valence-electron chi connectivity index (χ0n) is 9.79. The molecule has 17 heavy (non-hydrogen) atoms. The van der Waals surface area contributed by atoms with Gasteiger partial charge in [-0.15, -0.1) is 0 Å². The Morgan fingerprint density at radius 1 is 1.35 bits per heavy atom. The highest BCUT2D eigenvalue weighted by Gasteiger charge is 2.41. The number of aliphatic hydroxyl groups is 1. The van der Waals surface area contributed by atoms with E-state index in [4.69, 9.17) is 16.3 Å². The maximum Gasteiger partial charge on any atom is 0.123 e. The van der Waals surface area contributed by atoms with Crippen molar-refractivity contribution in [3.05, 3.63) is 28.8 Å². The third kappa shape index (κ3) is 2.58. The fourth-order valence-electron chi connectivity index (χ4n) is 2.14. The van der Waals surface area contributed by atoms with Gasteiger partial charge in [0.1, 0.15) is 5.75 Å². The second-order valence-electron chi connectivity index (χ2n) is 5.32. The van der Waals surface area contributed by atoms with Gasteiger partial charge in [0, 0.05) is 11.4 Å². The molecule has 2 saturated carbocycles. The predicted octanol–water partition coefficient (Wildman–Crippen LogP) is 3.34. The van der Waals surface area contributed by atoms with E-state index in [1.165, 1.54) is 6.42 Å². The van der Waals surface area contributed by atoms with Crippen molar-refractivity contribution in [3.8, 4) is 5.75 Å². The van der Waals surface area contributed by atoms with Crippen LogP contribution in [-0.4, -0.2) is 16.8 Å². The van der Waals surface area contributed by atoms with Crippen molar-refractivity contribution < 1.29 is 9.84 Å². The molecular formula is C14H17ClO2. The zero-order chi connectivity index (χ0) is 11.9. The lowest BCUT2D eigenvalue weighted by molar-refractivity contribution is 0.114. The van der Waals surface area contributed by atoms with E-state index >= 15 is 0 Å². The van der Waals surface area contributed by atoms with Crippen molar-refractivity contribution in [2.45, 2.75) is 50.2 Å². The highest BCUT2D eigenvalue weighted by atomic mass is 35.5. The Morgan fingerprint density at radius 2 is 2.12 bits per heavy atom. The third-order valence-corrected chi connectivity index (χ3v) is 3.95. The van der Waals surface area contributed by atoms with Crippen LogP contribution < -0.4 is 4.74 Å². The van der Waals surface area contributed by atoms with E-state index in [0.717, 1.165) is 37.0 Å². The molecule has 3 heteroatoms. The molecular weight excluding hydrogens is 236 g/mol. The minimum atomic E-state index is -0.498. The van der Waals surface area contributed by atoms with Gasteiger partial charge >= 0.3 is 0 Å². The van der Waals surface area contributed by atoms with Crippen molar-refractivity contribution in [2.24, 2.45) is 0 Å². The maximum atomic E-state index is 10.0. The lowest BCUT2D eigenvalue weighted by Gasteiger charge is -2.28. The Bertz CT molecular complexity index is 422. The van der Waals surface area contributed by atoms with Crippen LogP contribution in [0, 0.1) is 0 Å². The molecule has 3 rings (SSSR count). The molecule has 1 aromatic carbocycles. The summed E-state index contributed by atoms with van der Waals surface area (Å²) in [6.07, 6.45) is 6.36. The Morgan fingerprint density at radius 3 is 2.71 bits per heavy atom. The fraction of sp³-hybridized carbons (Fsp3) is 0.571. The molecule has 0 amide bonds. The van der Waals surface area contributed by atoms with Crippen LogP contribution in [0.3, 0.4) is 0 Å². The molecule has 0 bridgehead atoms. The van der Waals surface area contributed by atoms with E-state index in [-0.39, 0.29) is 0 Å². The monoisotopic (exact) mass is 252 g/mol. The van der Waals surface area contributed by atoms with Gasteiger partial charge < -0.3 is 9.84 Å². The summed E-state index contributed by atoms with van der Waals surface area (Å²) in [5, 5.41) is 10.7. The van der Waals surface area contributed by atoms with E-state index < -0.39 is 5.60 Å². The van der Waals surface area contributed by atoms with Crippen LogP contribution in [0.2, 0.25) is 5.02 Å². The number of ether oxygens (including phenoxy) is 1. The van der Waals surface area contributed by atoms with Gasteiger partial charge in [0.15, 0.2) is 0 Å². The van der Waals surface area contributed by atoms with Crippen LogP contribution >= 0.6 is 11.6 Å². The van der Waals surface area contributed by atoms with Gasteiger partial charge in [0.2, 0.25) is 0 Å². The summed E-state index contributed by atoms with van der Waals surface area (Å²) in [6, 6.07) is 5.71. The summed E-state index contributed by atoms with van der Waals surface area (Å²) in [4.78, 5) is 0. The number of hydrogen-bond donors (Lipinski definition) is 1. The number of rotatable bonds is 4. The van der Waals surface area contributed by atoms with Gasteiger partial charge in [-0.25, -0.2) is 0 Å². The highest BCUT2D eigenvalue weighted by molar-refractivity contribution is 6.30. The summed E-state index contributed by atoms with van der Waals surface area (Å²) < 4.78 is 5.94. The largest absolute Gasteiger partial charge is 0.490 e. The zero-order valence-corrected chi connectivity index (χ0v) is 10.5. The lowest BCUT2D eigenvalue weighted by Crippen LogP contribution is -2.25. The molecule has 2 fully saturated rings. The van der Waals surface area contributed by atoms with Crippen LogP contribution in [0.5, 0.6) is 5.75 Å². The molecule has 2 aliphatic carbocycles. The average Bonchev–Trinajstić information content (AvgIpc) is 2.92. The number of hydrogen-bond acceptors (Lipinski definition) is 2. The molecule has 92 valence electrons. The standard InChI is InChI=1S/C14H17ClO2/c15-11-4-5-13(17-12-2-1-3-12)10(8-11)9-14(16)6-7-14/h4-5,8,12,16H,1-3,6-7,9H2. The van der Waals surface area contributed by atoms with Gasteiger partial charge in [-0.2, -0.15) is 0 Å². The maximum absolute atomic E-state index is 10.0. The lowest BCUT2D eigenvalue weighted by atomic mass is 9.96. The van der Waals surface area contributed by atoms with Crippen molar-refractivity contribution >= 4 is 11.6 Å². The van der Waals surface area contributed by atoms with Crippen LogP contribution in [0.15, 0.2) is 18.2 Å². The quantitative estimate of drug-likeness (QED) is 0.891. The van der Waals surface area contributed by atoms with E-state index in [1.54, 1.807) is 0 Å². The summed E-state index contributed by atoms with van der Waals surface area (Å²) in [5.74, 6) is 0.902. The van der Waals surface area contributed by atoms with E-state index in [1.807, 2.05) is 18.2 Å². The van der Waals surface area contributed by atoms with E-state index in [0.29, 0.717) is 17.5 Å². The van der Waals surface area contributed by atoms with Crippen LogP contribution in [0.4, 0.5) is 0 Å². The minimum absolute atomic E-state index is 0.365. The summed E-state index contributed by atoms with van der Waals surface area (Å²) in [5.41, 5.74) is 0.548. The molecule has 0 unspecified atom stereocenters. The first-order valence-electron chi connectivity index (χ1n) is 6.32. The molecule has 2 nitrogen and oxygen atoms in total. The van der Waals surface area contributed by atoms with Crippen LogP contribution in [0.1, 0.15) is 37.7 Å². The molecule has 0 spiro atoms. The van der Waals surface area contributed by atoms with E-state index in [9.17, 15) is 5.11 Å². The second-order valence-corrected chi connectivity index (χ2v) is 5.76. The van der Waals surface area contributed by atoms with Crippen LogP contribution in [-0.2, 0) is 6.42 Å². The topological polar surface area (TPSA) is 29.5 Å². The summed E-state index contributed by atoms with van der Waals surface area (Å²) in [6.45, 7) is 0. The molecule has 0 heterocycles. The molecule has 2 aliphatic rings. The minimum Gasteiger partial charge on any atom is -0.490 e. The molecule has 1 N–H and O–H groups in total. The fourth-order valence-corrected chi connectivity index (χ4v) is 2.34. The van der Waals surface area contributed by atoms with Crippen LogP contribution in [0.25, 0.3) is 0 Å². The van der Waals surface area contributed by atoms with Gasteiger partial charge in [-0.3, -0.25) is 0 Å². The average molecular weight is 253 g/mol. The first-order valence-corrected chi connectivity index (χ1v) is 6.70. The number of halogens is 1.